The van der Waals surface area contributed by atoms with Gasteiger partial charge in [-0.05, 0) is 19.8 Å². The smallest absolute Gasteiger partial charge is 0.132 e. The number of terminal acetylenes is 1. The molecule has 1 nitrogen and oxygen atoms in total. The maximum absolute atomic E-state index is 10.8. The third-order valence-corrected chi connectivity index (χ3v) is 1.90. The summed E-state index contributed by atoms with van der Waals surface area (Å²) in [6, 6.07) is 0. The van der Waals surface area contributed by atoms with E-state index in [0.29, 0.717) is 0 Å². The summed E-state index contributed by atoms with van der Waals surface area (Å²) in [5.74, 6) is 3.08. The molecule has 0 saturated heterocycles. The van der Waals surface area contributed by atoms with Crippen molar-refractivity contribution in [3.63, 3.8) is 0 Å². The Hall–Kier alpha value is -0.770. The molecular weight excluding hydrogens is 136 g/mol. The van der Waals surface area contributed by atoms with Crippen LogP contribution in [-0.2, 0) is 4.79 Å². The van der Waals surface area contributed by atoms with Crippen LogP contribution in [0.4, 0.5) is 0 Å². The molecule has 11 heavy (non-hydrogen) atoms. The van der Waals surface area contributed by atoms with Crippen molar-refractivity contribution in [1.82, 2.24) is 0 Å². The van der Waals surface area contributed by atoms with Crippen molar-refractivity contribution >= 4 is 5.78 Å². The number of Topliss-reactive ketones (excluding diaryl/α,β-unsaturated/α-hetero) is 1. The highest BCUT2D eigenvalue weighted by Gasteiger charge is 2.05. The Labute approximate surface area is 69.2 Å². The number of rotatable bonds is 5. The first kappa shape index (κ1) is 10.2. The molecule has 62 valence electrons. The van der Waals surface area contributed by atoms with Gasteiger partial charge in [-0.1, -0.05) is 13.3 Å². The highest BCUT2D eigenvalue weighted by atomic mass is 16.1. The zero-order chi connectivity index (χ0) is 8.69. The second kappa shape index (κ2) is 5.97. The number of hydrogen-bond acceptors (Lipinski definition) is 1. The zero-order valence-corrected chi connectivity index (χ0v) is 7.39. The lowest BCUT2D eigenvalue weighted by atomic mass is 10.00. The average Bonchev–Trinajstić information content (AvgIpc) is 1.97. The van der Waals surface area contributed by atoms with Gasteiger partial charge in [-0.2, -0.15) is 0 Å². The average molecular weight is 152 g/mol. The van der Waals surface area contributed by atoms with E-state index in [0.717, 1.165) is 25.7 Å². The van der Waals surface area contributed by atoms with Gasteiger partial charge in [0.25, 0.3) is 0 Å². The summed E-state index contributed by atoms with van der Waals surface area (Å²) in [6.07, 6.45) is 9.03. The standard InChI is InChI=1S/C10H16O/c1-4-5-6-7-8-9(2)10(3)11/h1,9H,5-8H2,2-3H3. The van der Waals surface area contributed by atoms with Gasteiger partial charge in [0, 0.05) is 12.3 Å². The van der Waals surface area contributed by atoms with Crippen molar-refractivity contribution in [3.8, 4) is 12.3 Å². The monoisotopic (exact) mass is 152 g/mol. The van der Waals surface area contributed by atoms with Crippen molar-refractivity contribution in [2.75, 3.05) is 0 Å². The Kier molecular flexibility index (Phi) is 5.56. The third-order valence-electron chi connectivity index (χ3n) is 1.90. The fraction of sp³-hybridized carbons (Fsp3) is 0.700. The lowest BCUT2D eigenvalue weighted by Gasteiger charge is -2.04. The lowest BCUT2D eigenvalue weighted by Crippen LogP contribution is -2.05. The van der Waals surface area contributed by atoms with E-state index in [1.54, 1.807) is 6.92 Å². The maximum Gasteiger partial charge on any atom is 0.132 e. The molecule has 0 aliphatic rings. The minimum atomic E-state index is 0.216. The van der Waals surface area contributed by atoms with Crippen LogP contribution in [-0.4, -0.2) is 5.78 Å². The van der Waals surface area contributed by atoms with Gasteiger partial charge in [-0.3, -0.25) is 4.79 Å². The summed E-state index contributed by atoms with van der Waals surface area (Å²) < 4.78 is 0. The SMILES string of the molecule is C#CCCCCC(C)C(C)=O. The summed E-state index contributed by atoms with van der Waals surface area (Å²) in [4.78, 5) is 10.8. The van der Waals surface area contributed by atoms with E-state index in [2.05, 4.69) is 5.92 Å². The highest BCUT2D eigenvalue weighted by Crippen LogP contribution is 2.09. The topological polar surface area (TPSA) is 17.1 Å². The van der Waals surface area contributed by atoms with Crippen LogP contribution in [0.2, 0.25) is 0 Å². The van der Waals surface area contributed by atoms with Crippen molar-refractivity contribution < 1.29 is 4.79 Å². The second-order valence-corrected chi connectivity index (χ2v) is 2.96. The Morgan fingerprint density at radius 1 is 1.55 bits per heavy atom. The van der Waals surface area contributed by atoms with Crippen molar-refractivity contribution in [3.05, 3.63) is 0 Å². The van der Waals surface area contributed by atoms with Crippen LogP contribution in [0.25, 0.3) is 0 Å². The van der Waals surface area contributed by atoms with Crippen molar-refractivity contribution in [2.45, 2.75) is 39.5 Å². The maximum atomic E-state index is 10.8. The van der Waals surface area contributed by atoms with Crippen LogP contribution in [0, 0.1) is 18.3 Å². The molecule has 0 bridgehead atoms. The van der Waals surface area contributed by atoms with Gasteiger partial charge in [-0.25, -0.2) is 0 Å². The van der Waals surface area contributed by atoms with Gasteiger partial charge in [0.2, 0.25) is 0 Å². The zero-order valence-electron chi connectivity index (χ0n) is 7.39. The van der Waals surface area contributed by atoms with Gasteiger partial charge < -0.3 is 0 Å². The van der Waals surface area contributed by atoms with Crippen LogP contribution in [0.15, 0.2) is 0 Å². The Morgan fingerprint density at radius 2 is 2.18 bits per heavy atom. The molecule has 0 radical (unpaired) electrons. The molecule has 0 fully saturated rings. The van der Waals surface area contributed by atoms with Gasteiger partial charge in [0.15, 0.2) is 0 Å². The molecule has 0 rings (SSSR count). The largest absolute Gasteiger partial charge is 0.300 e. The number of ketones is 1. The summed E-state index contributed by atoms with van der Waals surface area (Å²) in [7, 11) is 0. The number of carbonyl (C=O) groups excluding carboxylic acids is 1. The van der Waals surface area contributed by atoms with E-state index in [-0.39, 0.29) is 11.7 Å². The van der Waals surface area contributed by atoms with E-state index < -0.39 is 0 Å². The summed E-state index contributed by atoms with van der Waals surface area (Å²) >= 11 is 0. The predicted octanol–water partition coefficient (Wildman–Crippen LogP) is 2.41. The molecule has 0 aliphatic carbocycles. The van der Waals surface area contributed by atoms with Crippen molar-refractivity contribution in [1.29, 1.82) is 0 Å². The van der Waals surface area contributed by atoms with Crippen LogP contribution < -0.4 is 0 Å². The molecule has 0 aromatic heterocycles. The van der Waals surface area contributed by atoms with E-state index in [9.17, 15) is 4.79 Å². The van der Waals surface area contributed by atoms with Crippen LogP contribution in [0.5, 0.6) is 0 Å². The van der Waals surface area contributed by atoms with Gasteiger partial charge >= 0.3 is 0 Å². The second-order valence-electron chi connectivity index (χ2n) is 2.96. The Balaban J connectivity index is 3.26. The minimum absolute atomic E-state index is 0.216. The predicted molar refractivity (Wildman–Crippen MR) is 47.1 cm³/mol. The van der Waals surface area contributed by atoms with Gasteiger partial charge in [0.1, 0.15) is 5.78 Å². The molecule has 0 amide bonds. The minimum Gasteiger partial charge on any atom is -0.300 e. The highest BCUT2D eigenvalue weighted by molar-refractivity contribution is 5.77. The van der Waals surface area contributed by atoms with E-state index >= 15 is 0 Å². The molecule has 0 N–H and O–H groups in total. The van der Waals surface area contributed by atoms with Crippen LogP contribution in [0.3, 0.4) is 0 Å². The summed E-state index contributed by atoms with van der Waals surface area (Å²) in [6.45, 7) is 3.62. The molecule has 0 saturated carbocycles. The van der Waals surface area contributed by atoms with Gasteiger partial charge in [-0.15, -0.1) is 12.3 Å². The number of hydrogen-bond donors (Lipinski definition) is 0. The Bertz CT molecular complexity index is 153. The van der Waals surface area contributed by atoms with Crippen LogP contribution >= 0.6 is 0 Å². The quantitative estimate of drug-likeness (QED) is 0.436. The third kappa shape index (κ3) is 5.66. The fourth-order valence-corrected chi connectivity index (χ4v) is 0.881. The van der Waals surface area contributed by atoms with Gasteiger partial charge in [0.05, 0.1) is 0 Å². The molecule has 0 aromatic carbocycles. The molecule has 1 heteroatoms. The molecule has 0 aliphatic heterocycles. The van der Waals surface area contributed by atoms with Crippen LogP contribution in [0.1, 0.15) is 39.5 Å². The van der Waals surface area contributed by atoms with E-state index in [1.807, 2.05) is 6.92 Å². The lowest BCUT2D eigenvalue weighted by molar-refractivity contribution is -0.120. The van der Waals surface area contributed by atoms with Crippen molar-refractivity contribution in [2.24, 2.45) is 5.92 Å². The first-order valence-corrected chi connectivity index (χ1v) is 4.12. The number of unbranched alkanes of at least 4 members (excludes halogenated alkanes) is 2. The summed E-state index contributed by atoms with van der Waals surface area (Å²) in [5, 5.41) is 0. The molecule has 0 heterocycles. The molecule has 1 atom stereocenters. The normalized spacial score (nSPS) is 12.1. The van der Waals surface area contributed by atoms with E-state index in [1.165, 1.54) is 0 Å². The molecule has 0 spiro atoms. The Morgan fingerprint density at radius 3 is 2.64 bits per heavy atom. The number of carbonyl (C=O) groups is 1. The van der Waals surface area contributed by atoms with E-state index in [4.69, 9.17) is 6.42 Å². The summed E-state index contributed by atoms with van der Waals surface area (Å²) in [5.41, 5.74) is 0. The first-order chi connectivity index (χ1) is 5.18. The fourth-order valence-electron chi connectivity index (χ4n) is 0.881. The molecule has 1 unspecified atom stereocenters. The molecule has 0 aromatic rings. The molecular formula is C10H16O. The first-order valence-electron chi connectivity index (χ1n) is 4.12.